The van der Waals surface area contributed by atoms with Crippen LogP contribution in [0.3, 0.4) is 0 Å². The fraction of sp³-hybridized carbons (Fsp3) is 0.0213. The molecule has 0 atom stereocenters. The number of hydrogen-bond acceptors (Lipinski definition) is 6. The van der Waals surface area contributed by atoms with Crippen LogP contribution in [0.2, 0.25) is 0 Å². The molecular formula is C47H36ClN8NaO2Pt2. The Balaban J connectivity index is 0.000000221. The molecule has 0 unspecified atom stereocenters. The van der Waals surface area contributed by atoms with Gasteiger partial charge in [0.05, 0.1) is 0 Å². The van der Waals surface area contributed by atoms with Crippen LogP contribution in [0.15, 0.2) is 204 Å². The smallest absolute Gasteiger partial charge is 0.664 e. The van der Waals surface area contributed by atoms with E-state index in [1.54, 1.807) is 43.6 Å². The van der Waals surface area contributed by atoms with Gasteiger partial charge in [0, 0.05) is 47.6 Å². The van der Waals surface area contributed by atoms with Gasteiger partial charge in [-0.2, -0.15) is 12.4 Å². The van der Waals surface area contributed by atoms with Crippen molar-refractivity contribution < 1.29 is 69.4 Å². The van der Waals surface area contributed by atoms with E-state index in [2.05, 4.69) is 61.4 Å². The normalized spacial score (nSPS) is 9.56. The zero-order valence-electron chi connectivity index (χ0n) is 31.9. The van der Waals surface area contributed by atoms with E-state index in [0.29, 0.717) is 45.6 Å². The second-order valence-corrected chi connectivity index (χ2v) is 12.0. The molecule has 0 spiro atoms. The molecule has 61 heavy (non-hydrogen) atoms. The van der Waals surface area contributed by atoms with Crippen LogP contribution in [0, 0.1) is 0 Å². The molecule has 8 heterocycles. The number of pyridine rings is 6. The van der Waals surface area contributed by atoms with Crippen molar-refractivity contribution in [2.24, 2.45) is 0 Å². The number of rotatable bonds is 4. The SMILES string of the molecule is C.O=c1cc(-c2ccccn2)[n-]c(-c2ccccn2)c1.O=c1cc(-c2ccccn2)[n-]c(-c2ccccn2)c1.[Cl][Pt+].[Na+].[Pt+2].c1ccc2[n-]ccc2c1.c1ccc2[n-]ccc2c1. The average Bonchev–Trinajstić information content (AvgIpc) is 3.99. The molecule has 14 heteroatoms. The summed E-state index contributed by atoms with van der Waals surface area (Å²) in [6, 6.07) is 48.1. The molecular weight excluding hydrogens is 1160 g/mol. The van der Waals surface area contributed by atoms with E-state index < -0.39 is 0 Å². The minimum atomic E-state index is -0.101. The first-order chi connectivity index (χ1) is 28.6. The van der Waals surface area contributed by atoms with Crippen LogP contribution in [-0.2, 0) is 39.8 Å². The zero-order valence-corrected chi connectivity index (χ0v) is 39.2. The first-order valence-electron chi connectivity index (χ1n) is 17.7. The van der Waals surface area contributed by atoms with E-state index >= 15 is 0 Å². The van der Waals surface area contributed by atoms with E-state index in [1.807, 2.05) is 134 Å². The van der Waals surface area contributed by atoms with Gasteiger partial charge in [0.25, 0.3) is 0 Å². The van der Waals surface area contributed by atoms with Crippen molar-refractivity contribution in [1.29, 1.82) is 0 Å². The van der Waals surface area contributed by atoms with Gasteiger partial charge in [-0.25, -0.2) is 0 Å². The summed E-state index contributed by atoms with van der Waals surface area (Å²) in [5.41, 5.74) is 6.93. The second-order valence-electron chi connectivity index (χ2n) is 12.0. The number of fused-ring (bicyclic) bond motifs is 2. The summed E-state index contributed by atoms with van der Waals surface area (Å²) in [6.45, 7) is 0. The zero-order chi connectivity index (χ0) is 40.4. The molecule has 0 aliphatic rings. The van der Waals surface area contributed by atoms with Crippen molar-refractivity contribution >= 4 is 31.2 Å². The summed E-state index contributed by atoms with van der Waals surface area (Å²) >= 11 is 1.61. The van der Waals surface area contributed by atoms with Gasteiger partial charge in [-0.3, -0.25) is 29.5 Å². The molecule has 0 fully saturated rings. The predicted octanol–water partition coefficient (Wildman–Crippen LogP) is 6.17. The van der Waals surface area contributed by atoms with Crippen LogP contribution in [0.1, 0.15) is 7.43 Å². The van der Waals surface area contributed by atoms with Crippen LogP contribution < -0.4 is 60.4 Å². The van der Waals surface area contributed by atoms with E-state index in [9.17, 15) is 9.59 Å². The predicted molar refractivity (Wildman–Crippen MR) is 232 cm³/mol. The summed E-state index contributed by atoms with van der Waals surface area (Å²) in [5.74, 6) is 0. The summed E-state index contributed by atoms with van der Waals surface area (Å²) in [7, 11) is 4.61. The van der Waals surface area contributed by atoms with Crippen molar-refractivity contribution in [2.45, 2.75) is 7.43 Å². The Hall–Kier alpha value is -5.31. The number of halogens is 1. The molecule has 0 saturated heterocycles. The van der Waals surface area contributed by atoms with E-state index in [-0.39, 0.29) is 68.9 Å². The number of para-hydroxylation sites is 2. The molecule has 0 saturated carbocycles. The maximum absolute atomic E-state index is 11.8. The number of nitrogens with zero attached hydrogens (tertiary/aromatic N) is 8. The molecule has 0 N–H and O–H groups in total. The summed E-state index contributed by atoms with van der Waals surface area (Å²) in [5, 5.41) is 2.44. The van der Waals surface area contributed by atoms with Gasteiger partial charge in [-0.1, -0.05) is 92.4 Å². The van der Waals surface area contributed by atoms with Crippen molar-refractivity contribution in [2.75, 3.05) is 0 Å². The maximum Gasteiger partial charge on any atom is 2.00 e. The largest absolute Gasteiger partial charge is 2.00 e. The summed E-state index contributed by atoms with van der Waals surface area (Å²) in [4.78, 5) is 57.5. The van der Waals surface area contributed by atoms with Crippen LogP contribution in [0.4, 0.5) is 0 Å². The Morgan fingerprint density at radius 1 is 0.410 bits per heavy atom. The van der Waals surface area contributed by atoms with E-state index in [0.717, 1.165) is 11.0 Å². The van der Waals surface area contributed by atoms with Crippen molar-refractivity contribution in [3.8, 4) is 45.6 Å². The van der Waals surface area contributed by atoms with Gasteiger partial charge in [0.2, 0.25) is 0 Å². The second kappa shape index (κ2) is 26.8. The standard InChI is InChI=1S/2C15H11N3O.2C8H6N.CH4.ClH.Na.2Pt/c2*19-11-9-14(12-5-1-3-7-16-12)18-15(10-11)13-6-2-4-8-17-13;2*1-2-4-8-7(3-1)5-6-9-8;;;;;/h2*1-10H,(H,18,19);2*1-6H;1H4;1H;;;/q;;2*-1;;;+1;2*+2/p-3. The molecule has 10 nitrogen and oxygen atoms in total. The summed E-state index contributed by atoms with van der Waals surface area (Å²) < 4.78 is 0. The average molecular weight is 1190 g/mol. The third kappa shape index (κ3) is 15.0. The third-order valence-electron chi connectivity index (χ3n) is 8.12. The topological polar surface area (TPSA) is 142 Å². The Bertz CT molecular complexity index is 2500. The molecule has 0 aliphatic heterocycles. The molecule has 10 rings (SSSR count). The van der Waals surface area contributed by atoms with Crippen LogP contribution in [0.25, 0.3) is 67.4 Å². The molecule has 0 bridgehead atoms. The molecule has 8 aromatic heterocycles. The molecule has 10 aromatic rings. The number of hydrogen-bond donors (Lipinski definition) is 0. The van der Waals surface area contributed by atoms with Crippen molar-refractivity contribution in [3.63, 3.8) is 0 Å². The van der Waals surface area contributed by atoms with Crippen LogP contribution in [0.5, 0.6) is 0 Å². The van der Waals surface area contributed by atoms with Gasteiger partial charge in [-0.05, 0) is 83.6 Å². The van der Waals surface area contributed by atoms with Crippen LogP contribution >= 0.6 is 9.42 Å². The van der Waals surface area contributed by atoms with Crippen molar-refractivity contribution in [3.05, 3.63) is 215 Å². The van der Waals surface area contributed by atoms with Crippen molar-refractivity contribution in [1.82, 2.24) is 39.9 Å². The minimum absolute atomic E-state index is 0. The van der Waals surface area contributed by atoms with Crippen LogP contribution in [-0.4, -0.2) is 19.9 Å². The quantitative estimate of drug-likeness (QED) is 0.188. The van der Waals surface area contributed by atoms with Gasteiger partial charge < -0.3 is 19.9 Å². The summed E-state index contributed by atoms with van der Waals surface area (Å²) in [6.07, 6.45) is 10.4. The van der Waals surface area contributed by atoms with E-state index in [4.69, 9.17) is 0 Å². The molecule has 2 aromatic carbocycles. The minimum Gasteiger partial charge on any atom is -0.664 e. The third-order valence-corrected chi connectivity index (χ3v) is 8.12. The number of benzene rings is 2. The van der Waals surface area contributed by atoms with Gasteiger partial charge in [0.1, 0.15) is 0 Å². The Morgan fingerprint density at radius 2 is 0.689 bits per heavy atom. The molecule has 0 amide bonds. The van der Waals surface area contributed by atoms with Gasteiger partial charge in [-0.15, -0.1) is 33.8 Å². The Labute approximate surface area is 405 Å². The first-order valence-corrected chi connectivity index (χ1v) is 20.5. The molecule has 0 radical (unpaired) electrons. The van der Waals surface area contributed by atoms with Gasteiger partial charge >= 0.3 is 78.8 Å². The van der Waals surface area contributed by atoms with Gasteiger partial charge in [0.15, 0.2) is 10.9 Å². The maximum atomic E-state index is 11.8. The number of aromatic nitrogens is 8. The van der Waals surface area contributed by atoms with E-state index in [1.165, 1.54) is 35.0 Å². The fourth-order valence-electron chi connectivity index (χ4n) is 5.48. The monoisotopic (exact) mass is 1190 g/mol. The Morgan fingerprint density at radius 3 is 0.951 bits per heavy atom. The first kappa shape index (κ1) is 50.0. The fourth-order valence-corrected chi connectivity index (χ4v) is 5.48. The molecule has 0 aliphatic carbocycles. The Kier molecular flexibility index (Phi) is 22.0. The molecule has 304 valence electrons.